The Balaban J connectivity index is 2.58. The van der Waals surface area contributed by atoms with Crippen molar-refractivity contribution in [2.24, 2.45) is 5.73 Å². The molecule has 0 aliphatic heterocycles. The molecule has 0 spiro atoms. The highest BCUT2D eigenvalue weighted by Gasteiger charge is 2.14. The summed E-state index contributed by atoms with van der Waals surface area (Å²) in [5.41, 5.74) is 7.88. The number of nitrogens with zero attached hydrogens (tertiary/aromatic N) is 3. The maximum atomic E-state index is 6.13. The zero-order valence-electron chi connectivity index (χ0n) is 9.44. The fourth-order valence-electron chi connectivity index (χ4n) is 1.89. The first-order valence-electron chi connectivity index (χ1n) is 5.40. The van der Waals surface area contributed by atoms with E-state index in [9.17, 15) is 0 Å². The number of pyridine rings is 1. The molecule has 2 rings (SSSR count). The van der Waals surface area contributed by atoms with Crippen LogP contribution in [-0.2, 0) is 0 Å². The molecule has 1 unspecified atom stereocenters. The van der Waals surface area contributed by atoms with E-state index in [1.54, 1.807) is 0 Å². The predicted octanol–water partition coefficient (Wildman–Crippen LogP) is 2.76. The second-order valence-electron chi connectivity index (χ2n) is 3.86. The fourth-order valence-corrected chi connectivity index (χ4v) is 2.19. The van der Waals surface area contributed by atoms with Crippen molar-refractivity contribution in [1.82, 2.24) is 14.5 Å². The van der Waals surface area contributed by atoms with E-state index in [4.69, 9.17) is 5.73 Å². The number of hydrogen-bond donors (Lipinski definition) is 1. The van der Waals surface area contributed by atoms with Gasteiger partial charge in [-0.1, -0.05) is 13.3 Å². The number of aryl methyl sites for hydroxylation is 1. The minimum Gasteiger partial charge on any atom is -0.311 e. The molecule has 5 heteroatoms. The lowest BCUT2D eigenvalue weighted by Gasteiger charge is -2.14. The van der Waals surface area contributed by atoms with Crippen LogP contribution in [0, 0.1) is 6.92 Å². The molecule has 0 radical (unpaired) electrons. The Hall–Kier alpha value is -0.940. The third kappa shape index (κ3) is 1.97. The summed E-state index contributed by atoms with van der Waals surface area (Å²) >= 11 is 3.37. The highest BCUT2D eigenvalue weighted by Crippen LogP contribution is 2.21. The molecule has 0 aliphatic carbocycles. The molecule has 2 aromatic rings. The lowest BCUT2D eigenvalue weighted by atomic mass is 10.3. The average Bonchev–Trinajstić information content (AvgIpc) is 2.53. The number of aromatic nitrogens is 3. The Bertz CT molecular complexity index is 506. The molecule has 0 aliphatic rings. The Morgan fingerprint density at radius 3 is 2.88 bits per heavy atom. The third-order valence-corrected chi connectivity index (χ3v) is 3.04. The standard InChI is InChI=1S/C11H15BrN4/c1-3-4-10(13)16-7(2)14-8-5-6-9(12)15-11(8)16/h5-6,10H,3-4,13H2,1-2H3. The summed E-state index contributed by atoms with van der Waals surface area (Å²) in [4.78, 5) is 8.89. The normalized spacial score (nSPS) is 13.2. The van der Waals surface area contributed by atoms with Crippen molar-refractivity contribution in [2.75, 3.05) is 0 Å². The number of imidazole rings is 1. The van der Waals surface area contributed by atoms with E-state index in [0.717, 1.165) is 34.4 Å². The zero-order valence-corrected chi connectivity index (χ0v) is 11.0. The van der Waals surface area contributed by atoms with E-state index in [0.29, 0.717) is 0 Å². The SMILES string of the molecule is CCCC(N)n1c(C)nc2ccc(Br)nc21. The Morgan fingerprint density at radius 1 is 1.44 bits per heavy atom. The van der Waals surface area contributed by atoms with Crippen LogP contribution in [0.5, 0.6) is 0 Å². The molecular formula is C11H15BrN4. The van der Waals surface area contributed by atoms with Crippen LogP contribution in [0.25, 0.3) is 11.2 Å². The van der Waals surface area contributed by atoms with Gasteiger partial charge in [-0.3, -0.25) is 4.57 Å². The first-order valence-corrected chi connectivity index (χ1v) is 6.19. The van der Waals surface area contributed by atoms with Crippen molar-refractivity contribution in [3.8, 4) is 0 Å². The predicted molar refractivity (Wildman–Crippen MR) is 68.1 cm³/mol. The number of nitrogens with two attached hydrogens (primary N) is 1. The molecule has 2 aromatic heterocycles. The molecular weight excluding hydrogens is 268 g/mol. The van der Waals surface area contributed by atoms with Crippen molar-refractivity contribution in [3.05, 3.63) is 22.6 Å². The summed E-state index contributed by atoms with van der Waals surface area (Å²) in [6, 6.07) is 3.85. The van der Waals surface area contributed by atoms with Gasteiger partial charge < -0.3 is 5.73 Å². The molecule has 0 amide bonds. The average molecular weight is 283 g/mol. The van der Waals surface area contributed by atoms with Crippen molar-refractivity contribution < 1.29 is 0 Å². The maximum Gasteiger partial charge on any atom is 0.162 e. The summed E-state index contributed by atoms with van der Waals surface area (Å²) in [6.07, 6.45) is 1.94. The molecule has 16 heavy (non-hydrogen) atoms. The fraction of sp³-hybridized carbons (Fsp3) is 0.455. The smallest absolute Gasteiger partial charge is 0.162 e. The van der Waals surface area contributed by atoms with Crippen LogP contribution in [0.2, 0.25) is 0 Å². The van der Waals surface area contributed by atoms with Gasteiger partial charge in [-0.25, -0.2) is 9.97 Å². The van der Waals surface area contributed by atoms with Gasteiger partial charge in [-0.15, -0.1) is 0 Å². The lowest BCUT2D eigenvalue weighted by molar-refractivity contribution is 0.477. The largest absolute Gasteiger partial charge is 0.311 e. The lowest BCUT2D eigenvalue weighted by Crippen LogP contribution is -2.19. The molecule has 1 atom stereocenters. The van der Waals surface area contributed by atoms with Crippen LogP contribution in [0.1, 0.15) is 31.8 Å². The summed E-state index contributed by atoms with van der Waals surface area (Å²) in [5.74, 6) is 0.918. The molecule has 86 valence electrons. The van der Waals surface area contributed by atoms with Crippen LogP contribution < -0.4 is 5.73 Å². The van der Waals surface area contributed by atoms with Crippen LogP contribution in [-0.4, -0.2) is 14.5 Å². The van der Waals surface area contributed by atoms with E-state index in [-0.39, 0.29) is 6.17 Å². The van der Waals surface area contributed by atoms with Crippen molar-refractivity contribution in [3.63, 3.8) is 0 Å². The second kappa shape index (κ2) is 4.51. The van der Waals surface area contributed by atoms with E-state index >= 15 is 0 Å². The zero-order chi connectivity index (χ0) is 11.7. The molecule has 2 N–H and O–H groups in total. The Labute approximate surface area is 103 Å². The topological polar surface area (TPSA) is 56.7 Å². The summed E-state index contributed by atoms with van der Waals surface area (Å²) in [7, 11) is 0. The first-order chi connectivity index (χ1) is 7.63. The summed E-state index contributed by atoms with van der Waals surface area (Å²) < 4.78 is 2.81. The molecule has 0 saturated heterocycles. The molecule has 0 fully saturated rings. The monoisotopic (exact) mass is 282 g/mol. The second-order valence-corrected chi connectivity index (χ2v) is 4.67. The van der Waals surface area contributed by atoms with Gasteiger partial charge in [0.2, 0.25) is 0 Å². The van der Waals surface area contributed by atoms with Gasteiger partial charge in [-0.05, 0) is 41.4 Å². The number of halogens is 1. The van der Waals surface area contributed by atoms with Gasteiger partial charge in [0.25, 0.3) is 0 Å². The quantitative estimate of drug-likeness (QED) is 0.881. The summed E-state index contributed by atoms with van der Waals surface area (Å²) in [6.45, 7) is 4.09. The van der Waals surface area contributed by atoms with E-state index < -0.39 is 0 Å². The minimum absolute atomic E-state index is 0.0446. The van der Waals surface area contributed by atoms with Crippen molar-refractivity contribution in [2.45, 2.75) is 32.9 Å². The number of fused-ring (bicyclic) bond motifs is 1. The van der Waals surface area contributed by atoms with Gasteiger partial charge in [0.1, 0.15) is 15.9 Å². The summed E-state index contributed by atoms with van der Waals surface area (Å²) in [5, 5.41) is 0. The first kappa shape index (κ1) is 11.5. The number of hydrogen-bond acceptors (Lipinski definition) is 3. The third-order valence-electron chi connectivity index (χ3n) is 2.60. The van der Waals surface area contributed by atoms with Crippen LogP contribution >= 0.6 is 15.9 Å². The van der Waals surface area contributed by atoms with Gasteiger partial charge in [0.15, 0.2) is 5.65 Å². The molecule has 0 bridgehead atoms. The van der Waals surface area contributed by atoms with Gasteiger partial charge in [-0.2, -0.15) is 0 Å². The van der Waals surface area contributed by atoms with Crippen LogP contribution in [0.4, 0.5) is 0 Å². The Morgan fingerprint density at radius 2 is 2.19 bits per heavy atom. The van der Waals surface area contributed by atoms with E-state index in [2.05, 4.69) is 32.8 Å². The van der Waals surface area contributed by atoms with Crippen molar-refractivity contribution in [1.29, 1.82) is 0 Å². The van der Waals surface area contributed by atoms with Gasteiger partial charge in [0, 0.05) is 0 Å². The van der Waals surface area contributed by atoms with Crippen LogP contribution in [0.15, 0.2) is 16.7 Å². The molecule has 2 heterocycles. The molecule has 0 aromatic carbocycles. The molecule has 0 saturated carbocycles. The van der Waals surface area contributed by atoms with E-state index in [1.165, 1.54) is 0 Å². The highest BCUT2D eigenvalue weighted by molar-refractivity contribution is 9.10. The Kier molecular flexibility index (Phi) is 3.25. The number of rotatable bonds is 3. The van der Waals surface area contributed by atoms with Crippen molar-refractivity contribution >= 4 is 27.1 Å². The van der Waals surface area contributed by atoms with Gasteiger partial charge >= 0.3 is 0 Å². The van der Waals surface area contributed by atoms with Gasteiger partial charge in [0.05, 0.1) is 6.17 Å². The molecule has 4 nitrogen and oxygen atoms in total. The van der Waals surface area contributed by atoms with Crippen LogP contribution in [0.3, 0.4) is 0 Å². The highest BCUT2D eigenvalue weighted by atomic mass is 79.9. The minimum atomic E-state index is -0.0446. The maximum absolute atomic E-state index is 6.13. The van der Waals surface area contributed by atoms with E-state index in [1.807, 2.05) is 23.6 Å².